The summed E-state index contributed by atoms with van der Waals surface area (Å²) < 4.78 is 2.56. The Morgan fingerprint density at radius 1 is 0.581 bits per heavy atom. The summed E-state index contributed by atoms with van der Waals surface area (Å²) in [5.41, 5.74) is 11.0. The van der Waals surface area contributed by atoms with Gasteiger partial charge in [-0.1, -0.05) is 109 Å². The van der Waals surface area contributed by atoms with Crippen molar-refractivity contribution in [2.75, 3.05) is 24.7 Å². The van der Waals surface area contributed by atoms with Crippen molar-refractivity contribution in [3.05, 3.63) is 114 Å². The van der Waals surface area contributed by atoms with Gasteiger partial charge in [-0.15, -0.1) is 0 Å². The van der Waals surface area contributed by atoms with Crippen molar-refractivity contribution in [2.24, 2.45) is 0 Å². The summed E-state index contributed by atoms with van der Waals surface area (Å²) in [6.45, 7) is 13.0. The third-order valence-electron chi connectivity index (χ3n) is 9.04. The molecule has 216 valence electrons. The second-order valence-electron chi connectivity index (χ2n) is 11.8. The highest BCUT2D eigenvalue weighted by Crippen LogP contribution is 2.62. The number of aryl methyl sites for hydroxylation is 2. The van der Waals surface area contributed by atoms with Gasteiger partial charge in [-0.3, -0.25) is 4.67 Å². The van der Waals surface area contributed by atoms with Crippen LogP contribution in [0.3, 0.4) is 0 Å². The Labute approximate surface area is 266 Å². The fourth-order valence-electron chi connectivity index (χ4n) is 6.85. The highest BCUT2D eigenvalue weighted by molar-refractivity contribution is 8.22. The maximum Gasteiger partial charge on any atom is 0.0751 e. The van der Waals surface area contributed by atoms with Crippen molar-refractivity contribution in [3.63, 3.8) is 0 Å². The Morgan fingerprint density at radius 3 is 1.79 bits per heavy atom. The molecule has 0 N–H and O–H groups in total. The number of anilines is 3. The lowest BCUT2D eigenvalue weighted by molar-refractivity contribution is 0.513. The maximum absolute atomic E-state index is 7.02. The first-order valence-corrected chi connectivity index (χ1v) is 21.0. The first-order valence-electron chi connectivity index (χ1n) is 15.0. The lowest BCUT2D eigenvalue weighted by atomic mass is 9.98. The van der Waals surface area contributed by atoms with Crippen LogP contribution in [0, 0.1) is 13.8 Å². The molecule has 0 aliphatic carbocycles. The molecule has 5 aromatic rings. The van der Waals surface area contributed by atoms with Crippen molar-refractivity contribution in [2.45, 2.75) is 27.7 Å². The van der Waals surface area contributed by atoms with Gasteiger partial charge in [0.1, 0.15) is 0 Å². The SMILES string of the molecule is CCN(CC)P1(=S)c2cc(C)ccc2N2c3ccc(C)cc3P(C)(=S)c3cc(-c4cccc(-c5ccccc5)c4)cc1c32. The van der Waals surface area contributed by atoms with E-state index < -0.39 is 12.2 Å². The molecule has 2 heterocycles. The van der Waals surface area contributed by atoms with Crippen molar-refractivity contribution < 1.29 is 0 Å². The van der Waals surface area contributed by atoms with E-state index in [1.54, 1.807) is 0 Å². The third kappa shape index (κ3) is 4.38. The zero-order chi connectivity index (χ0) is 30.1. The van der Waals surface area contributed by atoms with Crippen LogP contribution in [0.1, 0.15) is 25.0 Å². The lowest BCUT2D eigenvalue weighted by Crippen LogP contribution is -2.45. The quantitative estimate of drug-likeness (QED) is 0.179. The Bertz CT molecular complexity index is 2010. The first kappa shape index (κ1) is 28.9. The Balaban J connectivity index is 1.59. The molecule has 0 saturated carbocycles. The number of fused-ring (bicyclic) bond motifs is 4. The summed E-state index contributed by atoms with van der Waals surface area (Å²) in [5.74, 6) is 0. The number of rotatable bonds is 5. The topological polar surface area (TPSA) is 6.48 Å². The van der Waals surface area contributed by atoms with Gasteiger partial charge in [0.2, 0.25) is 0 Å². The number of hydrogen-bond donors (Lipinski definition) is 0. The molecule has 0 aromatic heterocycles. The van der Waals surface area contributed by atoms with Crippen molar-refractivity contribution in [1.29, 1.82) is 0 Å². The van der Waals surface area contributed by atoms with Gasteiger partial charge >= 0.3 is 0 Å². The van der Waals surface area contributed by atoms with E-state index in [1.807, 2.05) is 0 Å². The zero-order valence-electron chi connectivity index (χ0n) is 25.3. The third-order valence-corrected chi connectivity index (χ3v) is 18.0. The van der Waals surface area contributed by atoms with Crippen molar-refractivity contribution in [3.8, 4) is 22.3 Å². The second kappa shape index (κ2) is 10.7. The highest BCUT2D eigenvalue weighted by Gasteiger charge is 2.45. The standard InChI is InChI=1S/C37H36N2P2S2/c1-6-38(7-2)41(43)34-21-26(4)17-19-32(34)39-31-18-16-25(3)20-33(31)40(5,42)35-23-30(24-36(41)37(35)39)29-15-11-14-28(22-29)27-12-9-8-10-13-27/h8-24H,6-7H2,1-5H3. The number of benzene rings is 5. The fourth-order valence-corrected chi connectivity index (χ4v) is 15.0. The van der Waals surface area contributed by atoms with E-state index in [4.69, 9.17) is 23.6 Å². The van der Waals surface area contributed by atoms with Gasteiger partial charge in [0, 0.05) is 40.3 Å². The smallest absolute Gasteiger partial charge is 0.0751 e. The van der Waals surface area contributed by atoms with Crippen LogP contribution in [0.25, 0.3) is 22.3 Å². The average Bonchev–Trinajstić information content (AvgIpc) is 3.02. The molecule has 2 unspecified atom stereocenters. The molecule has 7 rings (SSSR count). The van der Waals surface area contributed by atoms with E-state index in [9.17, 15) is 0 Å². The number of nitrogens with zero attached hydrogens (tertiary/aromatic N) is 2. The molecule has 0 amide bonds. The van der Waals surface area contributed by atoms with Crippen LogP contribution in [-0.4, -0.2) is 24.4 Å². The van der Waals surface area contributed by atoms with Crippen molar-refractivity contribution >= 4 is 74.1 Å². The predicted molar refractivity (Wildman–Crippen MR) is 197 cm³/mol. The van der Waals surface area contributed by atoms with E-state index in [1.165, 1.54) is 71.7 Å². The van der Waals surface area contributed by atoms with Crippen LogP contribution >= 0.6 is 12.2 Å². The van der Waals surface area contributed by atoms with Gasteiger partial charge in [0.15, 0.2) is 0 Å². The molecule has 2 atom stereocenters. The van der Waals surface area contributed by atoms with Crippen LogP contribution in [0.4, 0.5) is 17.1 Å². The van der Waals surface area contributed by atoms with Gasteiger partial charge in [-0.2, -0.15) is 0 Å². The van der Waals surface area contributed by atoms with E-state index in [0.29, 0.717) is 0 Å². The normalized spacial score (nSPS) is 20.0. The minimum absolute atomic E-state index is 0.903. The molecule has 0 saturated heterocycles. The molecule has 5 aromatic carbocycles. The molecule has 2 aliphatic rings. The van der Waals surface area contributed by atoms with Crippen LogP contribution < -0.4 is 26.1 Å². The molecular formula is C37H36N2P2S2. The van der Waals surface area contributed by atoms with Gasteiger partial charge < -0.3 is 4.90 Å². The number of hydrogen-bond acceptors (Lipinski definition) is 3. The summed E-state index contributed by atoms with van der Waals surface area (Å²) in [5, 5.41) is 5.15. The fraction of sp³-hybridized carbons (Fsp3) is 0.189. The van der Waals surface area contributed by atoms with Crippen LogP contribution in [0.5, 0.6) is 0 Å². The van der Waals surface area contributed by atoms with E-state index in [2.05, 4.69) is 147 Å². The molecule has 0 fully saturated rings. The minimum Gasteiger partial charge on any atom is -0.308 e. The molecule has 0 radical (unpaired) electrons. The maximum atomic E-state index is 7.02. The largest absolute Gasteiger partial charge is 0.308 e. The van der Waals surface area contributed by atoms with E-state index in [-0.39, 0.29) is 0 Å². The molecule has 0 spiro atoms. The molecule has 6 heteroatoms. The Hall–Kier alpha value is -2.84. The highest BCUT2D eigenvalue weighted by atomic mass is 32.4. The predicted octanol–water partition coefficient (Wildman–Crippen LogP) is 8.48. The molecule has 2 aliphatic heterocycles. The molecular weight excluding hydrogens is 599 g/mol. The van der Waals surface area contributed by atoms with Gasteiger partial charge in [0.25, 0.3) is 0 Å². The van der Waals surface area contributed by atoms with Crippen molar-refractivity contribution in [1.82, 2.24) is 4.67 Å². The Morgan fingerprint density at radius 2 is 1.14 bits per heavy atom. The van der Waals surface area contributed by atoms with Gasteiger partial charge in [-0.25, -0.2) is 0 Å². The summed E-state index contributed by atoms with van der Waals surface area (Å²) in [7, 11) is 0. The second-order valence-corrected chi connectivity index (χ2v) is 21.0. The lowest BCUT2D eigenvalue weighted by Gasteiger charge is -2.48. The molecule has 0 bridgehead atoms. The van der Waals surface area contributed by atoms with Crippen LogP contribution in [0.2, 0.25) is 0 Å². The molecule has 43 heavy (non-hydrogen) atoms. The van der Waals surface area contributed by atoms with Gasteiger partial charge in [0.05, 0.1) is 23.3 Å². The monoisotopic (exact) mass is 634 g/mol. The molecule has 2 nitrogen and oxygen atoms in total. The summed E-state index contributed by atoms with van der Waals surface area (Å²) in [6.07, 6.45) is -2.37. The summed E-state index contributed by atoms with van der Waals surface area (Å²) in [4.78, 5) is 2.50. The average molecular weight is 635 g/mol. The summed E-state index contributed by atoms with van der Waals surface area (Å²) >= 11 is 13.7. The van der Waals surface area contributed by atoms with E-state index >= 15 is 0 Å². The van der Waals surface area contributed by atoms with Crippen LogP contribution in [-0.2, 0) is 23.6 Å². The van der Waals surface area contributed by atoms with E-state index in [0.717, 1.165) is 13.1 Å². The summed E-state index contributed by atoms with van der Waals surface area (Å²) in [6, 6.07) is 36.0. The van der Waals surface area contributed by atoms with Gasteiger partial charge in [-0.05, 0) is 85.2 Å². The first-order chi connectivity index (χ1) is 20.7. The minimum atomic E-state index is -2.37. The Kier molecular flexibility index (Phi) is 7.16. The van der Waals surface area contributed by atoms with Crippen LogP contribution in [0.15, 0.2) is 103 Å². The zero-order valence-corrected chi connectivity index (χ0v) is 28.8.